The molecule has 0 fully saturated rings. The molecule has 0 aromatic rings. The van der Waals surface area contributed by atoms with Crippen molar-refractivity contribution in [3.63, 3.8) is 0 Å². The smallest absolute Gasteiger partial charge is 0.0979 e. The van der Waals surface area contributed by atoms with Crippen LogP contribution in [-0.4, -0.2) is 22.4 Å². The molecule has 0 aromatic carbocycles. The van der Waals surface area contributed by atoms with Crippen molar-refractivity contribution in [3.05, 3.63) is 12.2 Å². The van der Waals surface area contributed by atoms with Crippen LogP contribution < -0.4 is 0 Å². The molecule has 0 aliphatic heterocycles. The van der Waals surface area contributed by atoms with E-state index in [1.807, 2.05) is 6.08 Å². The van der Waals surface area contributed by atoms with Gasteiger partial charge in [-0.15, -0.1) is 0 Å². The van der Waals surface area contributed by atoms with E-state index in [-0.39, 0.29) is 0 Å². The Labute approximate surface area is 54.8 Å². The summed E-state index contributed by atoms with van der Waals surface area (Å²) in [5.41, 5.74) is 0. The van der Waals surface area contributed by atoms with E-state index in [0.29, 0.717) is 6.42 Å². The van der Waals surface area contributed by atoms with Gasteiger partial charge in [-0.2, -0.15) is 0 Å². The van der Waals surface area contributed by atoms with Crippen LogP contribution in [0, 0.1) is 0 Å². The van der Waals surface area contributed by atoms with E-state index in [0.717, 1.165) is 12.8 Å². The largest absolute Gasteiger partial charge is 0.390 e. The van der Waals surface area contributed by atoms with Gasteiger partial charge in [-0.3, -0.25) is 0 Å². The van der Waals surface area contributed by atoms with Crippen molar-refractivity contribution in [1.29, 1.82) is 0 Å². The average molecular weight is 128 g/mol. The Morgan fingerprint density at radius 3 is 2.89 bits per heavy atom. The first-order valence-corrected chi connectivity index (χ1v) is 3.33. The maximum absolute atomic E-state index is 9.06. The Morgan fingerprint density at radius 2 is 2.11 bits per heavy atom. The molecule has 0 aromatic heterocycles. The third kappa shape index (κ3) is 1.80. The number of aliphatic hydroxyl groups excluding tert-OH is 2. The maximum atomic E-state index is 9.06. The molecule has 0 amide bonds. The van der Waals surface area contributed by atoms with Gasteiger partial charge in [0, 0.05) is 0 Å². The van der Waals surface area contributed by atoms with Gasteiger partial charge in [0.05, 0.1) is 12.2 Å². The molecular weight excluding hydrogens is 116 g/mol. The summed E-state index contributed by atoms with van der Waals surface area (Å²) in [6, 6.07) is 0. The topological polar surface area (TPSA) is 40.5 Å². The van der Waals surface area contributed by atoms with Crippen molar-refractivity contribution < 1.29 is 10.2 Å². The lowest BCUT2D eigenvalue weighted by molar-refractivity contribution is 0.0444. The van der Waals surface area contributed by atoms with Crippen LogP contribution in [0.25, 0.3) is 0 Å². The van der Waals surface area contributed by atoms with Gasteiger partial charge in [-0.25, -0.2) is 0 Å². The van der Waals surface area contributed by atoms with Gasteiger partial charge in [-0.05, 0) is 19.3 Å². The molecule has 2 nitrogen and oxygen atoms in total. The molecule has 0 bridgehead atoms. The Kier molecular flexibility index (Phi) is 2.25. The third-order valence-corrected chi connectivity index (χ3v) is 1.60. The van der Waals surface area contributed by atoms with Crippen LogP contribution in [0.2, 0.25) is 0 Å². The molecule has 9 heavy (non-hydrogen) atoms. The van der Waals surface area contributed by atoms with Crippen molar-refractivity contribution in [2.24, 2.45) is 0 Å². The normalized spacial score (nSPS) is 36.2. The highest BCUT2D eigenvalue weighted by Gasteiger charge is 2.13. The average Bonchev–Trinajstić information content (AvgIpc) is 1.99. The van der Waals surface area contributed by atoms with E-state index < -0.39 is 12.2 Å². The van der Waals surface area contributed by atoms with Gasteiger partial charge in [0.1, 0.15) is 0 Å². The fourth-order valence-electron chi connectivity index (χ4n) is 0.980. The van der Waals surface area contributed by atoms with Crippen molar-refractivity contribution >= 4 is 0 Å². The molecule has 0 spiro atoms. The fourth-order valence-corrected chi connectivity index (χ4v) is 0.980. The Morgan fingerprint density at radius 1 is 1.33 bits per heavy atom. The van der Waals surface area contributed by atoms with Gasteiger partial charge in [0.2, 0.25) is 0 Å². The highest BCUT2D eigenvalue weighted by Crippen LogP contribution is 2.11. The molecule has 0 saturated carbocycles. The Hall–Kier alpha value is -0.340. The van der Waals surface area contributed by atoms with Crippen molar-refractivity contribution in [3.8, 4) is 0 Å². The molecule has 2 atom stereocenters. The van der Waals surface area contributed by atoms with Gasteiger partial charge in [0.15, 0.2) is 0 Å². The summed E-state index contributed by atoms with van der Waals surface area (Å²) in [5, 5.41) is 18.1. The zero-order valence-electron chi connectivity index (χ0n) is 5.33. The molecule has 0 radical (unpaired) electrons. The van der Waals surface area contributed by atoms with Crippen LogP contribution in [0.3, 0.4) is 0 Å². The summed E-state index contributed by atoms with van der Waals surface area (Å²) >= 11 is 0. The van der Waals surface area contributed by atoms with E-state index in [1.54, 1.807) is 6.08 Å². The van der Waals surface area contributed by atoms with Crippen LogP contribution in [-0.2, 0) is 0 Å². The minimum absolute atomic E-state index is 0.538. The van der Waals surface area contributed by atoms with Crippen LogP contribution in [0.15, 0.2) is 12.2 Å². The predicted octanol–water partition coefficient (Wildman–Crippen LogP) is 0.448. The first kappa shape index (κ1) is 6.78. The number of aliphatic hydroxyl groups is 2. The molecule has 2 N–H and O–H groups in total. The monoisotopic (exact) mass is 128 g/mol. The molecule has 2 heteroatoms. The van der Waals surface area contributed by atoms with Crippen LogP contribution >= 0.6 is 0 Å². The van der Waals surface area contributed by atoms with E-state index in [2.05, 4.69) is 0 Å². The van der Waals surface area contributed by atoms with Crippen molar-refractivity contribution in [2.45, 2.75) is 31.5 Å². The highest BCUT2D eigenvalue weighted by atomic mass is 16.3. The minimum atomic E-state index is -0.632. The molecule has 1 aliphatic rings. The van der Waals surface area contributed by atoms with Crippen LogP contribution in [0.5, 0.6) is 0 Å². The molecular formula is C7H12O2. The van der Waals surface area contributed by atoms with Gasteiger partial charge in [-0.1, -0.05) is 12.2 Å². The number of hydrogen-bond donors (Lipinski definition) is 2. The van der Waals surface area contributed by atoms with E-state index >= 15 is 0 Å². The highest BCUT2D eigenvalue weighted by molar-refractivity contribution is 4.94. The third-order valence-electron chi connectivity index (χ3n) is 1.60. The first-order valence-electron chi connectivity index (χ1n) is 3.33. The SMILES string of the molecule is O[C@@H]1CCCC=C[C@@H]1O. The number of rotatable bonds is 0. The molecule has 52 valence electrons. The second-order valence-corrected chi connectivity index (χ2v) is 2.42. The summed E-state index contributed by atoms with van der Waals surface area (Å²) in [6.07, 6.45) is 5.09. The summed E-state index contributed by atoms with van der Waals surface area (Å²) in [6.45, 7) is 0. The molecule has 0 saturated heterocycles. The van der Waals surface area contributed by atoms with Crippen LogP contribution in [0.4, 0.5) is 0 Å². The van der Waals surface area contributed by atoms with Crippen LogP contribution in [0.1, 0.15) is 19.3 Å². The van der Waals surface area contributed by atoms with Gasteiger partial charge in [0.25, 0.3) is 0 Å². The molecule has 0 unspecified atom stereocenters. The molecule has 1 rings (SSSR count). The molecule has 0 heterocycles. The quantitative estimate of drug-likeness (QED) is 0.465. The molecule has 1 aliphatic carbocycles. The Balaban J connectivity index is 2.46. The standard InChI is InChI=1S/C7H12O2/c8-6-4-2-1-3-5-7(6)9/h2,4,6-9H,1,3,5H2/t6-,7+/m0/s1. The summed E-state index contributed by atoms with van der Waals surface area (Å²) in [4.78, 5) is 0. The second kappa shape index (κ2) is 2.99. The number of allylic oxidation sites excluding steroid dienone is 1. The second-order valence-electron chi connectivity index (χ2n) is 2.42. The van der Waals surface area contributed by atoms with Gasteiger partial charge < -0.3 is 10.2 Å². The first-order chi connectivity index (χ1) is 4.30. The predicted molar refractivity (Wildman–Crippen MR) is 35.0 cm³/mol. The van der Waals surface area contributed by atoms with E-state index in [4.69, 9.17) is 10.2 Å². The summed E-state index contributed by atoms with van der Waals surface area (Å²) in [5.74, 6) is 0. The summed E-state index contributed by atoms with van der Waals surface area (Å²) in [7, 11) is 0. The van der Waals surface area contributed by atoms with Crippen molar-refractivity contribution in [1.82, 2.24) is 0 Å². The zero-order valence-corrected chi connectivity index (χ0v) is 5.33. The lowest BCUT2D eigenvalue weighted by Gasteiger charge is -2.10. The van der Waals surface area contributed by atoms with E-state index in [9.17, 15) is 0 Å². The van der Waals surface area contributed by atoms with Gasteiger partial charge >= 0.3 is 0 Å². The minimum Gasteiger partial charge on any atom is -0.390 e. The maximum Gasteiger partial charge on any atom is 0.0979 e. The zero-order chi connectivity index (χ0) is 6.69. The lowest BCUT2D eigenvalue weighted by Crippen LogP contribution is -2.22. The number of hydrogen-bond acceptors (Lipinski definition) is 2. The fraction of sp³-hybridized carbons (Fsp3) is 0.714. The lowest BCUT2D eigenvalue weighted by atomic mass is 10.1. The van der Waals surface area contributed by atoms with Crippen molar-refractivity contribution in [2.75, 3.05) is 0 Å². The van der Waals surface area contributed by atoms with E-state index in [1.165, 1.54) is 0 Å². The Bertz CT molecular complexity index is 109. The summed E-state index contributed by atoms with van der Waals surface area (Å²) < 4.78 is 0.